The smallest absolute Gasteiger partial charge is 0.293 e. The normalized spacial score (nSPS) is 15.8. The number of nitrogens with zero attached hydrogens (tertiary/aromatic N) is 2. The predicted molar refractivity (Wildman–Crippen MR) is 119 cm³/mol. The first-order valence-electron chi connectivity index (χ1n) is 9.81. The third kappa shape index (κ3) is 6.43. The van der Waals surface area contributed by atoms with Gasteiger partial charge in [-0.3, -0.25) is 10.1 Å². The van der Waals surface area contributed by atoms with Gasteiger partial charge in [-0.2, -0.15) is 0 Å². The van der Waals surface area contributed by atoms with Gasteiger partial charge in [0.25, 0.3) is 5.69 Å². The number of sulfonamides is 1. The summed E-state index contributed by atoms with van der Waals surface area (Å²) in [6.07, 6.45) is 3.24. The number of likely N-dealkylation sites (tertiary alicyclic amines) is 1. The van der Waals surface area contributed by atoms with Crippen molar-refractivity contribution >= 4 is 33.2 Å². The van der Waals surface area contributed by atoms with Crippen molar-refractivity contribution in [2.75, 3.05) is 30.7 Å². The number of nitrogens with one attached hydrogen (secondary N) is 1. The molecule has 0 amide bonds. The largest absolute Gasteiger partial charge is 0.376 e. The van der Waals surface area contributed by atoms with Crippen LogP contribution in [0.1, 0.15) is 19.3 Å². The lowest BCUT2D eigenvalue weighted by Crippen LogP contribution is -2.30. The van der Waals surface area contributed by atoms with Gasteiger partial charge in [0.05, 0.1) is 9.82 Å². The molecule has 3 N–H and O–H groups in total. The van der Waals surface area contributed by atoms with Crippen LogP contribution in [0, 0.1) is 10.1 Å². The fraction of sp³-hybridized carbons (Fsp3) is 0.400. The van der Waals surface area contributed by atoms with E-state index in [-0.39, 0.29) is 16.6 Å². The van der Waals surface area contributed by atoms with Crippen molar-refractivity contribution in [2.24, 2.45) is 5.14 Å². The van der Waals surface area contributed by atoms with Crippen molar-refractivity contribution in [2.45, 2.75) is 35.1 Å². The second-order valence-electron chi connectivity index (χ2n) is 7.28. The summed E-state index contributed by atoms with van der Waals surface area (Å²) in [5, 5.41) is 19.9. The van der Waals surface area contributed by atoms with Crippen LogP contribution < -0.4 is 10.5 Å². The zero-order chi connectivity index (χ0) is 21.6. The Kier molecular flexibility index (Phi) is 7.70. The van der Waals surface area contributed by atoms with Crippen molar-refractivity contribution in [1.29, 1.82) is 0 Å². The third-order valence-corrected chi connectivity index (χ3v) is 7.13. The van der Waals surface area contributed by atoms with Gasteiger partial charge >= 0.3 is 0 Å². The minimum Gasteiger partial charge on any atom is -0.376 e. The molecule has 2 aromatic rings. The molecule has 162 valence electrons. The highest BCUT2D eigenvalue weighted by molar-refractivity contribution is 7.99. The Morgan fingerprint density at radius 2 is 1.87 bits per heavy atom. The van der Waals surface area contributed by atoms with Crippen LogP contribution in [0.3, 0.4) is 0 Å². The van der Waals surface area contributed by atoms with E-state index in [1.807, 2.05) is 30.3 Å². The first kappa shape index (κ1) is 22.5. The van der Waals surface area contributed by atoms with Gasteiger partial charge in [-0.15, -0.1) is 11.8 Å². The van der Waals surface area contributed by atoms with Crippen LogP contribution >= 0.6 is 11.8 Å². The average Bonchev–Trinajstić information content (AvgIpc) is 3.23. The first-order chi connectivity index (χ1) is 14.3. The van der Waals surface area contributed by atoms with Crippen LogP contribution in [0.2, 0.25) is 0 Å². The van der Waals surface area contributed by atoms with Gasteiger partial charge in [0.2, 0.25) is 10.0 Å². The Morgan fingerprint density at radius 1 is 1.17 bits per heavy atom. The van der Waals surface area contributed by atoms with Crippen LogP contribution in [-0.4, -0.2) is 49.7 Å². The number of nitro benzene ring substituents is 1. The first-order valence-corrected chi connectivity index (χ1v) is 12.3. The predicted octanol–water partition coefficient (Wildman–Crippen LogP) is 3.30. The molecule has 1 saturated heterocycles. The van der Waals surface area contributed by atoms with Crippen LogP contribution in [0.25, 0.3) is 0 Å². The molecule has 8 nitrogen and oxygen atoms in total. The summed E-state index contributed by atoms with van der Waals surface area (Å²) in [5.74, 6) is 0.728. The van der Waals surface area contributed by atoms with E-state index in [0.29, 0.717) is 5.69 Å². The van der Waals surface area contributed by atoms with E-state index in [0.717, 1.165) is 42.8 Å². The van der Waals surface area contributed by atoms with Crippen LogP contribution in [0.15, 0.2) is 58.3 Å². The molecular weight excluding hydrogens is 424 g/mol. The number of anilines is 1. The van der Waals surface area contributed by atoms with E-state index in [2.05, 4.69) is 10.2 Å². The Bertz CT molecular complexity index is 964. The summed E-state index contributed by atoms with van der Waals surface area (Å²) in [5.41, 5.74) is 0.00453. The van der Waals surface area contributed by atoms with Gasteiger partial charge in [0.15, 0.2) is 0 Å². The Labute approximate surface area is 181 Å². The number of primary sulfonamides is 1. The highest BCUT2D eigenvalue weighted by atomic mass is 32.2. The van der Waals surface area contributed by atoms with Gasteiger partial charge in [-0.05, 0) is 56.6 Å². The molecule has 10 heteroatoms. The van der Waals surface area contributed by atoms with E-state index in [9.17, 15) is 18.5 Å². The molecule has 30 heavy (non-hydrogen) atoms. The molecule has 1 heterocycles. The molecule has 2 aromatic carbocycles. The van der Waals surface area contributed by atoms with Crippen molar-refractivity contribution in [1.82, 2.24) is 4.90 Å². The van der Waals surface area contributed by atoms with E-state index in [1.165, 1.54) is 25.0 Å². The maximum absolute atomic E-state index is 11.6. The highest BCUT2D eigenvalue weighted by Gasteiger charge is 2.22. The number of hydrogen-bond acceptors (Lipinski definition) is 7. The Balaban J connectivity index is 1.77. The summed E-state index contributed by atoms with van der Waals surface area (Å²) in [6, 6.07) is 13.7. The summed E-state index contributed by atoms with van der Waals surface area (Å²) in [6.45, 7) is 3.08. The second-order valence-corrected chi connectivity index (χ2v) is 9.94. The number of benzene rings is 2. The molecule has 0 aliphatic carbocycles. The zero-order valence-corrected chi connectivity index (χ0v) is 18.2. The monoisotopic (exact) mass is 450 g/mol. The molecule has 3 rings (SSSR count). The van der Waals surface area contributed by atoms with Gasteiger partial charge in [-0.1, -0.05) is 18.2 Å². The molecule has 0 bridgehead atoms. The minimum absolute atomic E-state index is 0.0187. The number of thioether (sulfide) groups is 1. The summed E-state index contributed by atoms with van der Waals surface area (Å²) >= 11 is 1.69. The number of rotatable bonds is 10. The topological polar surface area (TPSA) is 119 Å². The SMILES string of the molecule is NS(=O)(=O)c1ccc(N[C@H](CCN2CCCC2)CSc2ccccc2)c([N+](=O)[O-])c1. The molecule has 1 fully saturated rings. The molecule has 1 atom stereocenters. The Morgan fingerprint density at radius 3 is 2.50 bits per heavy atom. The fourth-order valence-electron chi connectivity index (χ4n) is 3.44. The van der Waals surface area contributed by atoms with Gasteiger partial charge in [0, 0.05) is 29.3 Å². The molecule has 0 radical (unpaired) electrons. The van der Waals surface area contributed by atoms with Crippen molar-refractivity contribution in [3.05, 3.63) is 58.6 Å². The number of nitro groups is 1. The fourth-order valence-corrected chi connectivity index (χ4v) is 4.96. The Hall–Kier alpha value is -2.14. The molecule has 0 saturated carbocycles. The third-order valence-electron chi connectivity index (χ3n) is 5.04. The van der Waals surface area contributed by atoms with Crippen LogP contribution in [-0.2, 0) is 10.0 Å². The summed E-state index contributed by atoms with van der Waals surface area (Å²) in [4.78, 5) is 14.2. The average molecular weight is 451 g/mol. The number of nitrogens with two attached hydrogens (primary N) is 1. The lowest BCUT2D eigenvalue weighted by molar-refractivity contribution is -0.384. The maximum atomic E-state index is 11.6. The minimum atomic E-state index is -4.01. The van der Waals surface area contributed by atoms with Crippen LogP contribution in [0.4, 0.5) is 11.4 Å². The molecule has 0 unspecified atom stereocenters. The van der Waals surface area contributed by atoms with Gasteiger partial charge in [0.1, 0.15) is 5.69 Å². The maximum Gasteiger partial charge on any atom is 0.293 e. The standard InChI is InChI=1S/C20H26N4O4S2/c21-30(27,28)18-8-9-19(20(14-18)24(25)26)22-16(10-13-23-11-4-5-12-23)15-29-17-6-2-1-3-7-17/h1-3,6-9,14,16,22H,4-5,10-13,15H2,(H2,21,27,28)/t16-/m1/s1. The molecule has 0 aromatic heterocycles. The lowest BCUT2D eigenvalue weighted by atomic mass is 10.2. The summed E-state index contributed by atoms with van der Waals surface area (Å²) in [7, 11) is -4.01. The lowest BCUT2D eigenvalue weighted by Gasteiger charge is -2.23. The highest BCUT2D eigenvalue weighted by Crippen LogP contribution is 2.29. The van der Waals surface area contributed by atoms with Crippen LogP contribution in [0.5, 0.6) is 0 Å². The van der Waals surface area contributed by atoms with E-state index >= 15 is 0 Å². The number of hydrogen-bond donors (Lipinski definition) is 2. The molecular formula is C20H26N4O4S2. The van der Waals surface area contributed by atoms with Gasteiger partial charge in [-0.25, -0.2) is 13.6 Å². The van der Waals surface area contributed by atoms with Crippen molar-refractivity contribution in [3.8, 4) is 0 Å². The van der Waals surface area contributed by atoms with E-state index in [1.54, 1.807) is 11.8 Å². The zero-order valence-electron chi connectivity index (χ0n) is 16.6. The quantitative estimate of drug-likeness (QED) is 0.324. The second kappa shape index (κ2) is 10.3. The molecule has 1 aliphatic rings. The van der Waals surface area contributed by atoms with E-state index in [4.69, 9.17) is 5.14 Å². The van der Waals surface area contributed by atoms with E-state index < -0.39 is 14.9 Å². The van der Waals surface area contributed by atoms with Gasteiger partial charge < -0.3 is 10.2 Å². The summed E-state index contributed by atoms with van der Waals surface area (Å²) < 4.78 is 23.2. The van der Waals surface area contributed by atoms with Crippen molar-refractivity contribution < 1.29 is 13.3 Å². The van der Waals surface area contributed by atoms with Crippen molar-refractivity contribution in [3.63, 3.8) is 0 Å². The molecule has 0 spiro atoms. The molecule has 1 aliphatic heterocycles.